The van der Waals surface area contributed by atoms with E-state index >= 15 is 0 Å². The second-order valence-corrected chi connectivity index (χ2v) is 7.65. The number of ether oxygens (including phenoxy) is 2. The first kappa shape index (κ1) is 22.3. The first-order valence-electron chi connectivity index (χ1n) is 10.4. The number of amides is 2. The second kappa shape index (κ2) is 9.64. The van der Waals surface area contributed by atoms with Crippen molar-refractivity contribution in [3.05, 3.63) is 53.6 Å². The fraction of sp³-hybridized carbons (Fsp3) is 0.375. The minimum Gasteiger partial charge on any atom is -0.494 e. The van der Waals surface area contributed by atoms with Crippen LogP contribution in [0.3, 0.4) is 0 Å². The summed E-state index contributed by atoms with van der Waals surface area (Å²) in [6.45, 7) is 8.15. The van der Waals surface area contributed by atoms with E-state index in [1.165, 1.54) is 6.92 Å². The SMILES string of the molecule is CCOc1ccc(NC(=O)[C@@H](C)OC(=O)[C@@H]2CC(=O)N(c3cccc(C)c3C)C2)cc1. The van der Waals surface area contributed by atoms with Crippen LogP contribution >= 0.6 is 0 Å². The topological polar surface area (TPSA) is 84.9 Å². The van der Waals surface area contributed by atoms with Gasteiger partial charge in [-0.05, 0) is 69.2 Å². The lowest BCUT2D eigenvalue weighted by molar-refractivity contribution is -0.157. The molecule has 0 radical (unpaired) electrons. The largest absolute Gasteiger partial charge is 0.494 e. The molecule has 1 N–H and O–H groups in total. The molecule has 2 atom stereocenters. The summed E-state index contributed by atoms with van der Waals surface area (Å²) < 4.78 is 10.7. The van der Waals surface area contributed by atoms with Crippen LogP contribution in [-0.2, 0) is 19.1 Å². The van der Waals surface area contributed by atoms with Gasteiger partial charge < -0.3 is 19.7 Å². The Labute approximate surface area is 182 Å². The van der Waals surface area contributed by atoms with Crippen molar-refractivity contribution in [2.75, 3.05) is 23.4 Å². The zero-order valence-electron chi connectivity index (χ0n) is 18.3. The van der Waals surface area contributed by atoms with Crippen LogP contribution in [0.5, 0.6) is 5.75 Å². The molecule has 31 heavy (non-hydrogen) atoms. The van der Waals surface area contributed by atoms with Crippen LogP contribution in [0.25, 0.3) is 0 Å². The summed E-state index contributed by atoms with van der Waals surface area (Å²) in [6, 6.07) is 12.7. The van der Waals surface area contributed by atoms with Gasteiger partial charge in [0.2, 0.25) is 5.91 Å². The third-order valence-corrected chi connectivity index (χ3v) is 5.42. The highest BCUT2D eigenvalue weighted by Gasteiger charge is 2.37. The quantitative estimate of drug-likeness (QED) is 0.686. The summed E-state index contributed by atoms with van der Waals surface area (Å²) in [4.78, 5) is 39.2. The van der Waals surface area contributed by atoms with Crippen LogP contribution in [0, 0.1) is 19.8 Å². The first-order chi connectivity index (χ1) is 14.8. The molecule has 0 spiro atoms. The van der Waals surface area contributed by atoms with Crippen molar-refractivity contribution in [1.82, 2.24) is 0 Å². The fourth-order valence-corrected chi connectivity index (χ4v) is 3.50. The third kappa shape index (κ3) is 5.23. The molecule has 1 aliphatic heterocycles. The summed E-state index contributed by atoms with van der Waals surface area (Å²) in [5.74, 6) is -1.00. The molecule has 0 aromatic heterocycles. The lowest BCUT2D eigenvalue weighted by Gasteiger charge is -2.20. The number of nitrogens with zero attached hydrogens (tertiary/aromatic N) is 1. The van der Waals surface area contributed by atoms with Crippen molar-refractivity contribution in [3.8, 4) is 5.75 Å². The molecular formula is C24H28N2O5. The van der Waals surface area contributed by atoms with Gasteiger partial charge in [-0.15, -0.1) is 0 Å². The molecule has 0 unspecified atom stereocenters. The van der Waals surface area contributed by atoms with Crippen molar-refractivity contribution < 1.29 is 23.9 Å². The van der Waals surface area contributed by atoms with E-state index in [1.54, 1.807) is 29.2 Å². The normalized spacial score (nSPS) is 16.7. The molecular weight excluding hydrogens is 396 g/mol. The summed E-state index contributed by atoms with van der Waals surface area (Å²) in [6.07, 6.45) is -0.914. The van der Waals surface area contributed by atoms with Crippen molar-refractivity contribution in [2.45, 2.75) is 40.2 Å². The Morgan fingerprint density at radius 3 is 2.55 bits per heavy atom. The minimum absolute atomic E-state index is 0.0689. The van der Waals surface area contributed by atoms with Crippen LogP contribution in [0.4, 0.5) is 11.4 Å². The molecule has 2 aromatic rings. The Kier molecular flexibility index (Phi) is 6.95. The third-order valence-electron chi connectivity index (χ3n) is 5.42. The van der Waals surface area contributed by atoms with E-state index in [0.29, 0.717) is 18.0 Å². The molecule has 1 saturated heterocycles. The molecule has 0 saturated carbocycles. The van der Waals surface area contributed by atoms with E-state index in [0.717, 1.165) is 16.8 Å². The van der Waals surface area contributed by atoms with Gasteiger partial charge in [-0.1, -0.05) is 12.1 Å². The number of nitrogens with one attached hydrogen (secondary N) is 1. The van der Waals surface area contributed by atoms with E-state index in [-0.39, 0.29) is 18.9 Å². The Hall–Kier alpha value is -3.35. The Bertz CT molecular complexity index is 970. The molecule has 1 heterocycles. The molecule has 0 aliphatic carbocycles. The summed E-state index contributed by atoms with van der Waals surface area (Å²) in [5.41, 5.74) is 3.47. The number of benzene rings is 2. The molecule has 7 heteroatoms. The predicted molar refractivity (Wildman–Crippen MR) is 118 cm³/mol. The molecule has 1 fully saturated rings. The van der Waals surface area contributed by atoms with Gasteiger partial charge in [0.05, 0.1) is 12.5 Å². The van der Waals surface area contributed by atoms with Gasteiger partial charge in [0.25, 0.3) is 5.91 Å². The smallest absolute Gasteiger partial charge is 0.312 e. The number of carbonyl (C=O) groups is 3. The average Bonchev–Trinajstić information content (AvgIpc) is 3.13. The fourth-order valence-electron chi connectivity index (χ4n) is 3.50. The van der Waals surface area contributed by atoms with Gasteiger partial charge in [-0.25, -0.2) is 0 Å². The van der Waals surface area contributed by atoms with E-state index in [2.05, 4.69) is 5.32 Å². The molecule has 0 bridgehead atoms. The van der Waals surface area contributed by atoms with Crippen LogP contribution in [0.1, 0.15) is 31.4 Å². The summed E-state index contributed by atoms with van der Waals surface area (Å²) in [5, 5.41) is 2.71. The zero-order valence-corrected chi connectivity index (χ0v) is 18.3. The molecule has 164 valence electrons. The monoisotopic (exact) mass is 424 g/mol. The van der Waals surface area contributed by atoms with Crippen molar-refractivity contribution in [3.63, 3.8) is 0 Å². The number of rotatable bonds is 7. The molecule has 2 amide bonds. The van der Waals surface area contributed by atoms with Crippen LogP contribution in [-0.4, -0.2) is 37.0 Å². The summed E-state index contributed by atoms with van der Waals surface area (Å²) >= 11 is 0. The van der Waals surface area contributed by atoms with Crippen molar-refractivity contribution in [1.29, 1.82) is 0 Å². The summed E-state index contributed by atoms with van der Waals surface area (Å²) in [7, 11) is 0. The van der Waals surface area contributed by atoms with E-state index < -0.39 is 23.9 Å². The molecule has 2 aromatic carbocycles. The number of aryl methyl sites for hydroxylation is 1. The van der Waals surface area contributed by atoms with Crippen molar-refractivity contribution in [2.24, 2.45) is 5.92 Å². The van der Waals surface area contributed by atoms with Crippen LogP contribution in [0.15, 0.2) is 42.5 Å². The molecule has 7 nitrogen and oxygen atoms in total. The van der Waals surface area contributed by atoms with E-state index in [9.17, 15) is 14.4 Å². The molecule has 1 aliphatic rings. The number of esters is 1. The standard InChI is InChI=1S/C24H28N2O5/c1-5-30-20-11-9-19(10-12-20)25-23(28)17(4)31-24(29)18-13-22(27)26(14-18)21-8-6-7-15(2)16(21)3/h6-12,17-18H,5,13-14H2,1-4H3,(H,25,28)/t17-,18-/m1/s1. The average molecular weight is 424 g/mol. The molecule has 3 rings (SSSR count). The number of hydrogen-bond acceptors (Lipinski definition) is 5. The van der Waals surface area contributed by atoms with Gasteiger partial charge in [-0.2, -0.15) is 0 Å². The van der Waals surface area contributed by atoms with E-state index in [1.807, 2.05) is 39.0 Å². The second-order valence-electron chi connectivity index (χ2n) is 7.65. The maximum absolute atomic E-state index is 12.6. The highest BCUT2D eigenvalue weighted by atomic mass is 16.5. The first-order valence-corrected chi connectivity index (χ1v) is 10.4. The number of anilines is 2. The lowest BCUT2D eigenvalue weighted by Crippen LogP contribution is -2.33. The van der Waals surface area contributed by atoms with Gasteiger partial charge in [0.1, 0.15) is 5.75 Å². The lowest BCUT2D eigenvalue weighted by atomic mass is 10.1. The van der Waals surface area contributed by atoms with Gasteiger partial charge in [-0.3, -0.25) is 14.4 Å². The predicted octanol–water partition coefficient (Wildman–Crippen LogP) is 3.63. The maximum Gasteiger partial charge on any atom is 0.312 e. The highest BCUT2D eigenvalue weighted by Crippen LogP contribution is 2.30. The Balaban J connectivity index is 1.57. The van der Waals surface area contributed by atoms with Crippen LogP contribution in [0.2, 0.25) is 0 Å². The van der Waals surface area contributed by atoms with E-state index in [4.69, 9.17) is 9.47 Å². The minimum atomic E-state index is -0.982. The maximum atomic E-state index is 12.6. The van der Waals surface area contributed by atoms with Gasteiger partial charge in [0.15, 0.2) is 6.10 Å². The number of carbonyl (C=O) groups excluding carboxylic acids is 3. The number of hydrogen-bond donors (Lipinski definition) is 1. The van der Waals surface area contributed by atoms with Gasteiger partial charge in [0, 0.05) is 24.3 Å². The van der Waals surface area contributed by atoms with Crippen LogP contribution < -0.4 is 15.0 Å². The Morgan fingerprint density at radius 1 is 1.16 bits per heavy atom. The van der Waals surface area contributed by atoms with Crippen molar-refractivity contribution >= 4 is 29.2 Å². The zero-order chi connectivity index (χ0) is 22.5. The highest BCUT2D eigenvalue weighted by molar-refractivity contribution is 6.01. The Morgan fingerprint density at radius 2 is 1.87 bits per heavy atom. The van der Waals surface area contributed by atoms with Gasteiger partial charge >= 0.3 is 5.97 Å².